The third kappa shape index (κ3) is 6.00. The summed E-state index contributed by atoms with van der Waals surface area (Å²) in [6, 6.07) is 14.4. The van der Waals surface area contributed by atoms with E-state index in [2.05, 4.69) is 56.9 Å². The molecular weight excluding hydrogens is 479 g/mol. The summed E-state index contributed by atoms with van der Waals surface area (Å²) in [5, 5.41) is 4.15. The summed E-state index contributed by atoms with van der Waals surface area (Å²) in [5.74, 6) is 0.880. The van der Waals surface area contributed by atoms with E-state index in [1.54, 1.807) is 11.3 Å². The smallest absolute Gasteiger partial charge is 0.124 e. The Bertz CT molecular complexity index is 794. The monoisotopic (exact) mass is 502 g/mol. The van der Waals surface area contributed by atoms with Gasteiger partial charge in [0.15, 0.2) is 0 Å². The van der Waals surface area contributed by atoms with Gasteiger partial charge >= 0.3 is 0 Å². The molecule has 0 aliphatic rings. The van der Waals surface area contributed by atoms with Crippen LogP contribution in [0, 0.1) is 0 Å². The van der Waals surface area contributed by atoms with Crippen LogP contribution in [-0.2, 0) is 4.18 Å². The summed E-state index contributed by atoms with van der Waals surface area (Å²) >= 11 is 3.80. The molecule has 4 nitrogen and oxygen atoms in total. The standard InChI is InChI=1S/C17H17IN2O2S2.C2H6/c1-19-13-5-3-12(4-6-13)17-20-15-8-7-14(11-16(15)23-17)21-9-2-10-22-24-18;1-2/h3-8,11,19H,2,9-10H2,1H3;1-2H3. The second-order valence-electron chi connectivity index (χ2n) is 5.06. The number of hydrogen-bond acceptors (Lipinski definition) is 6. The zero-order valence-corrected chi connectivity index (χ0v) is 18.9. The van der Waals surface area contributed by atoms with Gasteiger partial charge in [0.2, 0.25) is 0 Å². The molecule has 140 valence electrons. The molecule has 0 radical (unpaired) electrons. The van der Waals surface area contributed by atoms with Crippen LogP contribution in [0.2, 0.25) is 0 Å². The van der Waals surface area contributed by atoms with E-state index in [4.69, 9.17) is 13.9 Å². The second kappa shape index (κ2) is 11.6. The van der Waals surface area contributed by atoms with Crippen molar-refractivity contribution in [3.63, 3.8) is 0 Å². The predicted molar refractivity (Wildman–Crippen MR) is 124 cm³/mol. The van der Waals surface area contributed by atoms with E-state index >= 15 is 0 Å². The number of nitrogens with zero attached hydrogens (tertiary/aromatic N) is 1. The van der Waals surface area contributed by atoms with Gasteiger partial charge in [0.05, 0.1) is 32.6 Å². The van der Waals surface area contributed by atoms with Crippen molar-refractivity contribution >= 4 is 57.7 Å². The van der Waals surface area contributed by atoms with Gasteiger partial charge in [-0.2, -0.15) is 0 Å². The van der Waals surface area contributed by atoms with Crippen molar-refractivity contribution in [1.82, 2.24) is 4.98 Å². The molecule has 0 unspecified atom stereocenters. The molecule has 3 aromatic rings. The molecule has 0 aliphatic carbocycles. The van der Waals surface area contributed by atoms with E-state index in [1.165, 1.54) is 9.21 Å². The van der Waals surface area contributed by atoms with Gasteiger partial charge in [0.25, 0.3) is 0 Å². The number of rotatable bonds is 8. The molecule has 0 spiro atoms. The number of benzene rings is 2. The van der Waals surface area contributed by atoms with E-state index in [1.807, 2.05) is 33.0 Å². The number of halogens is 1. The maximum atomic E-state index is 5.78. The lowest BCUT2D eigenvalue weighted by atomic mass is 10.2. The molecule has 0 aliphatic heterocycles. The van der Waals surface area contributed by atoms with E-state index in [0.29, 0.717) is 13.2 Å². The molecule has 26 heavy (non-hydrogen) atoms. The van der Waals surface area contributed by atoms with Crippen LogP contribution in [0.15, 0.2) is 42.5 Å². The van der Waals surface area contributed by atoms with Gasteiger partial charge in [-0.25, -0.2) is 4.98 Å². The molecule has 0 saturated heterocycles. The first kappa shape index (κ1) is 21.3. The highest BCUT2D eigenvalue weighted by molar-refractivity contribution is 14.2. The number of anilines is 1. The van der Waals surface area contributed by atoms with E-state index < -0.39 is 0 Å². The van der Waals surface area contributed by atoms with Gasteiger partial charge in [-0.1, -0.05) is 13.8 Å². The normalized spacial score (nSPS) is 10.3. The van der Waals surface area contributed by atoms with Crippen molar-refractivity contribution < 1.29 is 8.92 Å². The summed E-state index contributed by atoms with van der Waals surface area (Å²) in [7, 11) is 3.27. The van der Waals surface area contributed by atoms with Crippen molar-refractivity contribution in [3.8, 4) is 16.3 Å². The molecule has 0 saturated carbocycles. The van der Waals surface area contributed by atoms with Crippen molar-refractivity contribution in [2.24, 2.45) is 0 Å². The van der Waals surface area contributed by atoms with Gasteiger partial charge < -0.3 is 14.2 Å². The SMILES string of the molecule is CC.CNc1ccc(-c2nc3ccc(OCCCOSI)cc3s2)cc1. The van der Waals surface area contributed by atoms with Crippen LogP contribution >= 0.6 is 41.8 Å². The molecule has 0 amide bonds. The molecular formula is C19H23IN2O2S2. The van der Waals surface area contributed by atoms with Crippen LogP contribution in [0.5, 0.6) is 5.75 Å². The maximum Gasteiger partial charge on any atom is 0.124 e. The zero-order chi connectivity index (χ0) is 18.8. The third-order valence-corrected chi connectivity index (χ3v) is 5.55. The minimum Gasteiger partial charge on any atom is -0.493 e. The van der Waals surface area contributed by atoms with Crippen LogP contribution in [0.25, 0.3) is 20.8 Å². The Kier molecular flexibility index (Phi) is 9.52. The molecule has 3 rings (SSSR count). The largest absolute Gasteiger partial charge is 0.493 e. The summed E-state index contributed by atoms with van der Waals surface area (Å²) in [6.45, 7) is 5.35. The summed E-state index contributed by atoms with van der Waals surface area (Å²) in [5.41, 5.74) is 3.23. The molecule has 1 N–H and O–H groups in total. The maximum absolute atomic E-state index is 5.78. The van der Waals surface area contributed by atoms with Gasteiger partial charge in [0, 0.05) is 45.9 Å². The number of nitrogens with one attached hydrogen (secondary N) is 1. The van der Waals surface area contributed by atoms with Crippen LogP contribution in [0.3, 0.4) is 0 Å². The average Bonchev–Trinajstić information content (AvgIpc) is 3.13. The summed E-state index contributed by atoms with van der Waals surface area (Å²) in [6.07, 6.45) is 0.875. The fraction of sp³-hybridized carbons (Fsp3) is 0.316. The lowest BCUT2D eigenvalue weighted by Gasteiger charge is -2.05. The van der Waals surface area contributed by atoms with Crippen molar-refractivity contribution in [1.29, 1.82) is 0 Å². The van der Waals surface area contributed by atoms with E-state index in [-0.39, 0.29) is 0 Å². The topological polar surface area (TPSA) is 43.4 Å². The molecule has 0 fully saturated rings. The Labute approximate surface area is 175 Å². The Morgan fingerprint density at radius 3 is 2.58 bits per heavy atom. The third-order valence-electron chi connectivity index (χ3n) is 3.47. The fourth-order valence-electron chi connectivity index (χ4n) is 2.24. The van der Waals surface area contributed by atoms with E-state index in [9.17, 15) is 0 Å². The average molecular weight is 502 g/mol. The van der Waals surface area contributed by atoms with Crippen LogP contribution in [0.4, 0.5) is 5.69 Å². The first-order valence-electron chi connectivity index (χ1n) is 8.52. The van der Waals surface area contributed by atoms with Crippen molar-refractivity contribution in [3.05, 3.63) is 42.5 Å². The number of fused-ring (bicyclic) bond motifs is 1. The highest BCUT2D eigenvalue weighted by Gasteiger charge is 2.07. The molecule has 0 atom stereocenters. The van der Waals surface area contributed by atoms with Gasteiger partial charge in [0.1, 0.15) is 10.8 Å². The van der Waals surface area contributed by atoms with Gasteiger partial charge in [-0.05, 0) is 42.5 Å². The Balaban J connectivity index is 0.00000117. The molecule has 2 aromatic carbocycles. The number of hydrogen-bond donors (Lipinski definition) is 1. The Morgan fingerprint density at radius 2 is 1.88 bits per heavy atom. The first-order chi connectivity index (χ1) is 12.8. The number of thiazole rings is 1. The minimum absolute atomic E-state index is 0.653. The lowest BCUT2D eigenvalue weighted by Crippen LogP contribution is -2.00. The van der Waals surface area contributed by atoms with Crippen molar-refractivity contribution in [2.45, 2.75) is 20.3 Å². The molecule has 1 aromatic heterocycles. The molecule has 1 heterocycles. The van der Waals surface area contributed by atoms with Crippen LogP contribution in [-0.4, -0.2) is 25.2 Å². The number of ether oxygens (including phenoxy) is 1. The van der Waals surface area contributed by atoms with E-state index in [0.717, 1.165) is 38.6 Å². The highest BCUT2D eigenvalue weighted by atomic mass is 127. The summed E-state index contributed by atoms with van der Waals surface area (Å²) < 4.78 is 12.1. The second-order valence-corrected chi connectivity index (χ2v) is 7.53. The van der Waals surface area contributed by atoms with Crippen molar-refractivity contribution in [2.75, 3.05) is 25.6 Å². The zero-order valence-electron chi connectivity index (χ0n) is 15.1. The van der Waals surface area contributed by atoms with Gasteiger partial charge in [-0.15, -0.1) is 11.3 Å². The summed E-state index contributed by atoms with van der Waals surface area (Å²) in [4.78, 5) is 4.72. The van der Waals surface area contributed by atoms with Crippen LogP contribution < -0.4 is 10.1 Å². The lowest BCUT2D eigenvalue weighted by molar-refractivity contribution is 0.269. The Hall–Kier alpha value is -1.03. The molecule has 0 bridgehead atoms. The fourth-order valence-corrected chi connectivity index (χ4v) is 3.96. The first-order valence-corrected chi connectivity index (χ1v) is 12.6. The quantitative estimate of drug-likeness (QED) is 0.208. The van der Waals surface area contributed by atoms with Gasteiger partial charge in [-0.3, -0.25) is 0 Å². The molecule has 7 heteroatoms. The Morgan fingerprint density at radius 1 is 1.12 bits per heavy atom. The minimum atomic E-state index is 0.653. The number of aromatic nitrogens is 1. The predicted octanol–water partition coefficient (Wildman–Crippen LogP) is 6.81. The highest BCUT2D eigenvalue weighted by Crippen LogP contribution is 2.32. The van der Waals surface area contributed by atoms with Crippen LogP contribution in [0.1, 0.15) is 20.3 Å².